The van der Waals surface area contributed by atoms with E-state index in [0.29, 0.717) is 36.8 Å². The molecule has 0 saturated carbocycles. The van der Waals surface area contributed by atoms with E-state index in [9.17, 15) is 9.50 Å². The highest BCUT2D eigenvalue weighted by Crippen LogP contribution is 2.32. The molecular weight excluding hydrogens is 319 g/mol. The molecule has 1 aromatic heterocycles. The minimum Gasteiger partial charge on any atom is -0.382 e. The maximum absolute atomic E-state index is 13.4. The van der Waals surface area contributed by atoms with Gasteiger partial charge in [0, 0.05) is 30.7 Å². The average molecular weight is 339 g/mol. The molecule has 1 fully saturated rings. The molecule has 3 rings (SSSR count). The van der Waals surface area contributed by atoms with Crippen LogP contribution in [0.4, 0.5) is 4.39 Å². The molecule has 23 heavy (non-hydrogen) atoms. The quantitative estimate of drug-likeness (QED) is 0.931. The van der Waals surface area contributed by atoms with Crippen LogP contribution in [0.3, 0.4) is 0 Å². The van der Waals surface area contributed by atoms with Gasteiger partial charge in [0.05, 0.1) is 6.20 Å². The molecule has 1 atom stereocenters. The number of β-amino-alcohol motifs (C(OH)–C–C–N with tert-alkyl or cyclic N) is 1. The van der Waals surface area contributed by atoms with Gasteiger partial charge in [-0.15, -0.1) is 5.10 Å². The molecule has 5 nitrogen and oxygen atoms in total. The number of aliphatic hydroxyl groups is 1. The van der Waals surface area contributed by atoms with E-state index in [4.69, 9.17) is 11.6 Å². The Morgan fingerprint density at radius 3 is 2.83 bits per heavy atom. The van der Waals surface area contributed by atoms with Gasteiger partial charge < -0.3 is 5.11 Å². The summed E-state index contributed by atoms with van der Waals surface area (Å²) in [6.07, 6.45) is 2.38. The molecule has 2 aromatic rings. The zero-order valence-corrected chi connectivity index (χ0v) is 14.0. The lowest BCUT2D eigenvalue weighted by atomic mass is 10.00. The summed E-state index contributed by atoms with van der Waals surface area (Å²) in [6.45, 7) is 5.71. The SMILES string of the molecule is CC(C)n1cc([C@@]2(O)CCN(Cc3cc(F)cc(Cl)c3)C2)nn1. The van der Waals surface area contributed by atoms with Crippen LogP contribution in [0.15, 0.2) is 24.4 Å². The standard InChI is InChI=1S/C16H20ClFN4O/c1-11(2)22-9-15(19-20-22)16(23)3-4-21(10-16)8-12-5-13(17)7-14(18)6-12/h5-7,9,11,23H,3-4,8,10H2,1-2H3/t16-/m1/s1. The number of halogens is 2. The fraction of sp³-hybridized carbons (Fsp3) is 0.500. The van der Waals surface area contributed by atoms with Crippen molar-refractivity contribution in [1.29, 1.82) is 0 Å². The van der Waals surface area contributed by atoms with Gasteiger partial charge in [0.1, 0.15) is 17.1 Å². The summed E-state index contributed by atoms with van der Waals surface area (Å²) >= 11 is 5.89. The number of hydrogen-bond donors (Lipinski definition) is 1. The normalized spacial score (nSPS) is 22.2. The van der Waals surface area contributed by atoms with E-state index in [2.05, 4.69) is 15.2 Å². The molecule has 0 amide bonds. The van der Waals surface area contributed by atoms with Gasteiger partial charge in [-0.25, -0.2) is 9.07 Å². The van der Waals surface area contributed by atoms with Crippen molar-refractivity contribution in [3.05, 3.63) is 46.5 Å². The lowest BCUT2D eigenvalue weighted by Crippen LogP contribution is -2.31. The second kappa shape index (κ2) is 6.19. The van der Waals surface area contributed by atoms with Crippen LogP contribution < -0.4 is 0 Å². The number of hydrogen-bond acceptors (Lipinski definition) is 4. The van der Waals surface area contributed by atoms with E-state index < -0.39 is 5.60 Å². The highest BCUT2D eigenvalue weighted by molar-refractivity contribution is 6.30. The molecule has 0 spiro atoms. The maximum Gasteiger partial charge on any atom is 0.125 e. The molecule has 1 saturated heterocycles. The molecule has 0 unspecified atom stereocenters. The summed E-state index contributed by atoms with van der Waals surface area (Å²) in [5, 5.41) is 19.4. The van der Waals surface area contributed by atoms with Crippen molar-refractivity contribution >= 4 is 11.6 Å². The molecule has 7 heteroatoms. The number of nitrogens with zero attached hydrogens (tertiary/aromatic N) is 4. The minimum atomic E-state index is -1.01. The van der Waals surface area contributed by atoms with E-state index in [1.165, 1.54) is 12.1 Å². The summed E-state index contributed by atoms with van der Waals surface area (Å²) < 4.78 is 15.2. The van der Waals surface area contributed by atoms with Crippen LogP contribution in [0.1, 0.15) is 37.6 Å². The summed E-state index contributed by atoms with van der Waals surface area (Å²) in [5.74, 6) is -0.346. The van der Waals surface area contributed by atoms with Gasteiger partial charge in [-0.2, -0.15) is 0 Å². The van der Waals surface area contributed by atoms with Crippen molar-refractivity contribution in [2.24, 2.45) is 0 Å². The van der Waals surface area contributed by atoms with E-state index in [1.807, 2.05) is 13.8 Å². The maximum atomic E-state index is 13.4. The van der Waals surface area contributed by atoms with Gasteiger partial charge in [-0.1, -0.05) is 16.8 Å². The van der Waals surface area contributed by atoms with Gasteiger partial charge in [-0.3, -0.25) is 4.90 Å². The number of benzene rings is 1. The first kappa shape index (κ1) is 16.4. The van der Waals surface area contributed by atoms with Gasteiger partial charge >= 0.3 is 0 Å². The smallest absolute Gasteiger partial charge is 0.125 e. The summed E-state index contributed by atoms with van der Waals surface area (Å²) in [6, 6.07) is 4.71. The molecule has 2 heterocycles. The van der Waals surface area contributed by atoms with Gasteiger partial charge in [0.25, 0.3) is 0 Å². The van der Waals surface area contributed by atoms with Crippen molar-refractivity contribution in [2.45, 2.75) is 38.5 Å². The lowest BCUT2D eigenvalue weighted by molar-refractivity contribution is 0.0408. The monoisotopic (exact) mass is 338 g/mol. The van der Waals surface area contributed by atoms with Gasteiger partial charge in [-0.05, 0) is 44.0 Å². The summed E-state index contributed by atoms with van der Waals surface area (Å²) in [5.41, 5.74) is 0.376. The molecular formula is C16H20ClFN4O. The highest BCUT2D eigenvalue weighted by atomic mass is 35.5. The third kappa shape index (κ3) is 3.54. The van der Waals surface area contributed by atoms with Crippen LogP contribution in [-0.4, -0.2) is 38.1 Å². The van der Waals surface area contributed by atoms with Crippen LogP contribution >= 0.6 is 11.6 Å². The number of rotatable bonds is 4. The molecule has 0 aliphatic carbocycles. The Kier molecular flexibility index (Phi) is 4.40. The highest BCUT2D eigenvalue weighted by Gasteiger charge is 2.40. The predicted octanol–water partition coefficient (Wildman–Crippen LogP) is 2.75. The topological polar surface area (TPSA) is 54.2 Å². The first-order valence-electron chi connectivity index (χ1n) is 7.68. The number of likely N-dealkylation sites (tertiary alicyclic amines) is 1. The van der Waals surface area contributed by atoms with Crippen LogP contribution in [0.25, 0.3) is 0 Å². The second-order valence-electron chi connectivity index (χ2n) is 6.45. The van der Waals surface area contributed by atoms with Crippen molar-refractivity contribution in [1.82, 2.24) is 19.9 Å². The van der Waals surface area contributed by atoms with E-state index in [0.717, 1.165) is 5.56 Å². The summed E-state index contributed by atoms with van der Waals surface area (Å²) in [4.78, 5) is 2.07. The Morgan fingerprint density at radius 1 is 1.39 bits per heavy atom. The lowest BCUT2D eigenvalue weighted by Gasteiger charge is -2.21. The third-order valence-electron chi connectivity index (χ3n) is 4.17. The Labute approximate surface area is 139 Å². The fourth-order valence-electron chi connectivity index (χ4n) is 2.92. The van der Waals surface area contributed by atoms with Gasteiger partial charge in [0.15, 0.2) is 0 Å². The average Bonchev–Trinajstić information content (AvgIpc) is 3.06. The van der Waals surface area contributed by atoms with Gasteiger partial charge in [0.2, 0.25) is 0 Å². The van der Waals surface area contributed by atoms with Crippen LogP contribution in [-0.2, 0) is 12.1 Å². The second-order valence-corrected chi connectivity index (χ2v) is 6.88. The first-order chi connectivity index (χ1) is 10.9. The molecule has 124 valence electrons. The molecule has 0 radical (unpaired) electrons. The van der Waals surface area contributed by atoms with Crippen molar-refractivity contribution in [3.63, 3.8) is 0 Å². The Balaban J connectivity index is 1.71. The Hall–Kier alpha value is -1.50. The molecule has 1 aliphatic heterocycles. The van der Waals surface area contributed by atoms with Crippen molar-refractivity contribution in [3.8, 4) is 0 Å². The Morgan fingerprint density at radius 2 is 2.17 bits per heavy atom. The van der Waals surface area contributed by atoms with Crippen molar-refractivity contribution < 1.29 is 9.50 Å². The van der Waals surface area contributed by atoms with Crippen LogP contribution in [0, 0.1) is 5.82 Å². The minimum absolute atomic E-state index is 0.201. The third-order valence-corrected chi connectivity index (χ3v) is 4.39. The molecule has 1 aromatic carbocycles. The molecule has 0 bridgehead atoms. The van der Waals surface area contributed by atoms with Crippen LogP contribution in [0.2, 0.25) is 5.02 Å². The Bertz CT molecular complexity index is 685. The largest absolute Gasteiger partial charge is 0.382 e. The first-order valence-corrected chi connectivity index (χ1v) is 8.05. The van der Waals surface area contributed by atoms with Crippen LogP contribution in [0.5, 0.6) is 0 Å². The zero-order valence-electron chi connectivity index (χ0n) is 13.2. The molecule has 1 aliphatic rings. The predicted molar refractivity (Wildman–Crippen MR) is 85.6 cm³/mol. The summed E-state index contributed by atoms with van der Waals surface area (Å²) in [7, 11) is 0. The van der Waals surface area contributed by atoms with E-state index >= 15 is 0 Å². The molecule has 1 N–H and O–H groups in total. The zero-order chi connectivity index (χ0) is 16.6. The van der Waals surface area contributed by atoms with Crippen molar-refractivity contribution in [2.75, 3.05) is 13.1 Å². The van der Waals surface area contributed by atoms with E-state index in [1.54, 1.807) is 16.9 Å². The van der Waals surface area contributed by atoms with E-state index in [-0.39, 0.29) is 11.9 Å². The number of aromatic nitrogens is 3. The fourth-order valence-corrected chi connectivity index (χ4v) is 3.16.